The van der Waals surface area contributed by atoms with Gasteiger partial charge in [0.05, 0.1) is 0 Å². The third-order valence-corrected chi connectivity index (χ3v) is 11.6. The lowest BCUT2D eigenvalue weighted by Crippen LogP contribution is -2.45. The highest BCUT2D eigenvalue weighted by molar-refractivity contribution is 7.99. The normalized spacial score (nSPS) is 29.7. The average molecular weight is 605 g/mol. The van der Waals surface area contributed by atoms with Crippen molar-refractivity contribution in [3.8, 4) is 5.75 Å². The molecule has 4 rings (SSSR count). The lowest BCUT2D eigenvalue weighted by atomic mass is 9.51. The van der Waals surface area contributed by atoms with Crippen molar-refractivity contribution in [2.24, 2.45) is 23.2 Å². The molecule has 0 spiro atoms. The summed E-state index contributed by atoms with van der Waals surface area (Å²) in [7, 11) is 0. The molecule has 1 aromatic rings. The van der Waals surface area contributed by atoms with Crippen molar-refractivity contribution >= 4 is 11.8 Å². The first-order valence-corrected chi connectivity index (χ1v) is 16.7. The van der Waals surface area contributed by atoms with E-state index in [4.69, 9.17) is 0 Å². The van der Waals surface area contributed by atoms with E-state index in [0.717, 1.165) is 88.4 Å². The van der Waals surface area contributed by atoms with Gasteiger partial charge in [0, 0.05) is 6.42 Å². The Morgan fingerprint density at radius 1 is 0.927 bits per heavy atom. The van der Waals surface area contributed by atoms with Crippen molar-refractivity contribution in [1.29, 1.82) is 0 Å². The molecule has 232 valence electrons. The van der Waals surface area contributed by atoms with Crippen molar-refractivity contribution in [3.05, 3.63) is 41.5 Å². The topological polar surface area (TPSA) is 20.2 Å². The quantitative estimate of drug-likeness (QED) is 0.129. The molecule has 41 heavy (non-hydrogen) atoms. The fourth-order valence-electron chi connectivity index (χ4n) is 8.07. The summed E-state index contributed by atoms with van der Waals surface area (Å²) >= 11 is 1.45. The molecule has 4 unspecified atom stereocenters. The van der Waals surface area contributed by atoms with Crippen LogP contribution in [0.2, 0.25) is 0 Å². The van der Waals surface area contributed by atoms with Crippen LogP contribution in [0, 0.1) is 23.2 Å². The Hall–Kier alpha value is -1.31. The predicted molar refractivity (Wildman–Crippen MR) is 155 cm³/mol. The minimum Gasteiger partial charge on any atom is -0.508 e. The van der Waals surface area contributed by atoms with Crippen LogP contribution >= 0.6 is 11.8 Å². The molecule has 0 saturated heterocycles. The summed E-state index contributed by atoms with van der Waals surface area (Å²) in [6.07, 6.45) is 4.65. The largest absolute Gasteiger partial charge is 0.508 e. The predicted octanol–water partition coefficient (Wildman–Crippen LogP) is 11.3. The van der Waals surface area contributed by atoms with E-state index in [1.165, 1.54) is 17.3 Å². The Morgan fingerprint density at radius 2 is 1.59 bits per heavy atom. The van der Waals surface area contributed by atoms with Gasteiger partial charge in [0.25, 0.3) is 0 Å². The van der Waals surface area contributed by atoms with Crippen LogP contribution in [0.1, 0.15) is 120 Å². The summed E-state index contributed by atoms with van der Waals surface area (Å²) in [5, 5.41) is 10.1. The number of unbranched alkanes of at least 4 members (excludes halogenated alkanes) is 6. The number of halogens is 6. The molecule has 6 atom stereocenters. The zero-order valence-corrected chi connectivity index (χ0v) is 25.1. The van der Waals surface area contributed by atoms with Crippen LogP contribution in [0.4, 0.5) is 26.3 Å². The van der Waals surface area contributed by atoms with Gasteiger partial charge in [0.2, 0.25) is 0 Å². The molecule has 2 fully saturated rings. The van der Waals surface area contributed by atoms with E-state index in [1.54, 1.807) is 12.1 Å². The molecule has 3 aliphatic carbocycles. The number of rotatable bonds is 14. The van der Waals surface area contributed by atoms with Gasteiger partial charge in [-0.2, -0.15) is 33.7 Å². The first kappa shape index (κ1) is 32.6. The Balaban J connectivity index is 1.17. The molecule has 8 heteroatoms. The molecular formula is C33H46F6OS. The van der Waals surface area contributed by atoms with Crippen LogP contribution in [-0.4, -0.2) is 28.7 Å². The maximum atomic E-state index is 16.2. The average Bonchev–Trinajstić information content (AvgIpc) is 3.21. The summed E-state index contributed by atoms with van der Waals surface area (Å²) in [6, 6.07) is 5.33. The van der Waals surface area contributed by atoms with E-state index < -0.39 is 24.7 Å². The Bertz CT molecular complexity index is 1030. The van der Waals surface area contributed by atoms with Gasteiger partial charge in [0.15, 0.2) is 0 Å². The standard InChI is InChI=1S/C33H46F6OS/c1-22-12-15-28-29-25(16-18-31(22,28)2)24-14-13-23(40)21-27(24)30(34)26(29)11-8-6-4-3-5-7-9-19-41-20-10-17-32(35,36)33(37,38)39/h13-14,21,25-26,28-30,40H,1,3-12,15-20H2,2H3/t25?,26?,28?,29?,30-,31-/m1/s1. The van der Waals surface area contributed by atoms with Gasteiger partial charge in [-0.1, -0.05) is 63.7 Å². The molecule has 1 nitrogen and oxygen atoms in total. The Labute approximate surface area is 245 Å². The van der Waals surface area contributed by atoms with Crippen LogP contribution in [0.15, 0.2) is 30.4 Å². The van der Waals surface area contributed by atoms with Gasteiger partial charge in [-0.3, -0.25) is 0 Å². The third-order valence-electron chi connectivity index (χ3n) is 10.4. The number of phenols is 1. The molecule has 0 aliphatic heterocycles. The van der Waals surface area contributed by atoms with E-state index in [2.05, 4.69) is 13.5 Å². The highest BCUT2D eigenvalue weighted by Gasteiger charge is 2.57. The highest BCUT2D eigenvalue weighted by atomic mass is 32.2. The van der Waals surface area contributed by atoms with Gasteiger partial charge in [-0.25, -0.2) is 4.39 Å². The second-order valence-corrected chi connectivity index (χ2v) is 14.2. The number of hydrogen-bond donors (Lipinski definition) is 1. The number of aromatic hydroxyl groups is 1. The van der Waals surface area contributed by atoms with Gasteiger partial charge in [-0.05, 0) is 109 Å². The van der Waals surface area contributed by atoms with E-state index in [9.17, 15) is 27.1 Å². The van der Waals surface area contributed by atoms with E-state index in [-0.39, 0.29) is 23.5 Å². The first-order chi connectivity index (χ1) is 19.4. The summed E-state index contributed by atoms with van der Waals surface area (Å²) in [6.45, 7) is 6.76. The van der Waals surface area contributed by atoms with E-state index >= 15 is 4.39 Å². The minimum absolute atomic E-state index is 0.0297. The second-order valence-electron chi connectivity index (χ2n) is 12.9. The maximum Gasteiger partial charge on any atom is 0.453 e. The fourth-order valence-corrected chi connectivity index (χ4v) is 9.04. The maximum absolute atomic E-state index is 16.2. The Kier molecular flexibility index (Phi) is 10.8. The third kappa shape index (κ3) is 7.26. The molecule has 0 bridgehead atoms. The van der Waals surface area contributed by atoms with Crippen LogP contribution < -0.4 is 0 Å². The van der Waals surface area contributed by atoms with Crippen LogP contribution in [0.25, 0.3) is 0 Å². The number of alkyl halides is 6. The smallest absolute Gasteiger partial charge is 0.453 e. The lowest BCUT2D eigenvalue weighted by Gasteiger charge is -2.53. The number of thioether (sulfide) groups is 1. The molecular weight excluding hydrogens is 558 g/mol. The zero-order chi connectivity index (χ0) is 29.8. The number of hydrogen-bond acceptors (Lipinski definition) is 2. The molecule has 1 N–H and O–H groups in total. The van der Waals surface area contributed by atoms with E-state index in [1.807, 2.05) is 6.07 Å². The fraction of sp³-hybridized carbons (Fsp3) is 0.758. The summed E-state index contributed by atoms with van der Waals surface area (Å²) < 4.78 is 78.6. The molecule has 0 heterocycles. The molecule has 0 amide bonds. The number of allylic oxidation sites excluding steroid dienone is 1. The zero-order valence-electron chi connectivity index (χ0n) is 24.3. The summed E-state index contributed by atoms with van der Waals surface area (Å²) in [5.41, 5.74) is 3.25. The van der Waals surface area contributed by atoms with Crippen molar-refractivity contribution in [2.75, 3.05) is 11.5 Å². The second kappa shape index (κ2) is 13.5. The van der Waals surface area contributed by atoms with E-state index in [0.29, 0.717) is 29.1 Å². The monoisotopic (exact) mass is 604 g/mol. The van der Waals surface area contributed by atoms with Gasteiger partial charge < -0.3 is 5.11 Å². The Morgan fingerprint density at radius 3 is 2.29 bits per heavy atom. The molecule has 1 aromatic carbocycles. The summed E-state index contributed by atoms with van der Waals surface area (Å²) in [4.78, 5) is 0. The SMILES string of the molecule is C=C1CCC2C3C(CC[C@]12C)c1ccc(O)cc1[C@H](F)C3CCCCCCCCCSCCCC(F)(F)C(F)(F)F. The van der Waals surface area contributed by atoms with Gasteiger partial charge >= 0.3 is 12.1 Å². The summed E-state index contributed by atoms with van der Waals surface area (Å²) in [5.74, 6) is -2.24. The van der Waals surface area contributed by atoms with Crippen molar-refractivity contribution in [1.82, 2.24) is 0 Å². The number of benzene rings is 1. The van der Waals surface area contributed by atoms with Crippen molar-refractivity contribution < 1.29 is 31.4 Å². The lowest BCUT2D eigenvalue weighted by molar-refractivity contribution is -0.284. The molecule has 3 aliphatic rings. The van der Waals surface area contributed by atoms with Crippen molar-refractivity contribution in [3.63, 3.8) is 0 Å². The molecule has 0 radical (unpaired) electrons. The minimum atomic E-state index is -5.46. The number of fused-ring (bicyclic) bond motifs is 5. The van der Waals surface area contributed by atoms with Crippen LogP contribution in [-0.2, 0) is 0 Å². The van der Waals surface area contributed by atoms with Crippen LogP contribution in [0.5, 0.6) is 5.75 Å². The van der Waals surface area contributed by atoms with Gasteiger partial charge in [-0.15, -0.1) is 0 Å². The highest BCUT2D eigenvalue weighted by Crippen LogP contribution is 2.66. The van der Waals surface area contributed by atoms with Gasteiger partial charge in [0.1, 0.15) is 11.9 Å². The molecule has 2 saturated carbocycles. The number of phenolic OH excluding ortho intramolecular Hbond substituents is 1. The first-order valence-electron chi connectivity index (χ1n) is 15.5. The van der Waals surface area contributed by atoms with Crippen LogP contribution in [0.3, 0.4) is 0 Å². The molecule has 0 aromatic heterocycles. The van der Waals surface area contributed by atoms with Crippen molar-refractivity contribution in [2.45, 2.75) is 121 Å².